The topological polar surface area (TPSA) is 113 Å². The summed E-state index contributed by atoms with van der Waals surface area (Å²) in [5, 5.41) is 22.1. The number of amides is 2. The van der Waals surface area contributed by atoms with Crippen LogP contribution in [0.2, 0.25) is 0 Å². The van der Waals surface area contributed by atoms with E-state index in [0.29, 0.717) is 11.4 Å². The van der Waals surface area contributed by atoms with E-state index < -0.39 is 43.1 Å². The highest BCUT2D eigenvalue weighted by molar-refractivity contribution is 5.90. The lowest BCUT2D eigenvalue weighted by molar-refractivity contribution is -0.187. The molecule has 9 nitrogen and oxygen atoms in total. The van der Waals surface area contributed by atoms with Crippen LogP contribution in [0.4, 0.5) is 23.7 Å². The minimum Gasteiger partial charge on any atom is -0.481 e. The number of carbonyl (C=O) groups is 2. The lowest BCUT2D eigenvalue weighted by atomic mass is 9.96. The number of aliphatic carboxylic acids is 1. The van der Waals surface area contributed by atoms with Crippen LogP contribution >= 0.6 is 0 Å². The number of carboxylic acid groups (broad SMARTS) is 1. The number of hydrogen-bond acceptors (Lipinski definition) is 5. The van der Waals surface area contributed by atoms with Gasteiger partial charge in [-0.3, -0.25) is 4.79 Å². The first kappa shape index (κ1) is 17.6. The summed E-state index contributed by atoms with van der Waals surface area (Å²) in [7, 11) is 0. The van der Waals surface area contributed by atoms with Crippen LogP contribution in [-0.4, -0.2) is 61.5 Å². The monoisotopic (exact) mass is 370 g/mol. The third-order valence-electron chi connectivity index (χ3n) is 4.08. The molecular formula is C14H13F3N6O3. The van der Waals surface area contributed by atoms with Crippen molar-refractivity contribution in [2.75, 3.05) is 18.4 Å². The fourth-order valence-corrected chi connectivity index (χ4v) is 2.73. The number of benzene rings is 1. The zero-order chi connectivity index (χ0) is 18.9. The van der Waals surface area contributed by atoms with E-state index in [2.05, 4.69) is 20.8 Å². The first-order chi connectivity index (χ1) is 12.3. The number of alkyl halides is 3. The number of hydrogen-bond donors (Lipinski definition) is 2. The summed E-state index contributed by atoms with van der Waals surface area (Å²) in [5.41, 5.74) is 0.964. The normalized spacial score (nSPS) is 20.2. The molecule has 1 aromatic heterocycles. The maximum absolute atomic E-state index is 13.0. The molecule has 0 spiro atoms. The van der Waals surface area contributed by atoms with Crippen molar-refractivity contribution in [1.82, 2.24) is 25.1 Å². The van der Waals surface area contributed by atoms with E-state index in [1.54, 1.807) is 12.1 Å². The maximum atomic E-state index is 13.0. The minimum absolute atomic E-state index is 0.342. The Hall–Kier alpha value is -3.18. The molecule has 1 aromatic carbocycles. The van der Waals surface area contributed by atoms with E-state index in [9.17, 15) is 22.8 Å². The second-order valence-corrected chi connectivity index (χ2v) is 5.73. The number of urea groups is 1. The fourth-order valence-electron chi connectivity index (χ4n) is 2.73. The summed E-state index contributed by atoms with van der Waals surface area (Å²) < 4.78 is 40.3. The van der Waals surface area contributed by atoms with Gasteiger partial charge in [-0.1, -0.05) is 0 Å². The standard InChI is InChI=1S/C14H13F3N6O3/c15-14(16,17)11-6-22(5-10(11)12(24)25)13(26)19-8-1-3-9(4-2-8)23-7-18-20-21-23/h1-4,7,10-11H,5-6H2,(H,19,26)(H,24,25)/t10-,11-/m1/s1. The van der Waals surface area contributed by atoms with Gasteiger partial charge in [-0.15, -0.1) is 5.10 Å². The molecule has 2 aromatic rings. The lowest BCUT2D eigenvalue weighted by Crippen LogP contribution is -2.35. The van der Waals surface area contributed by atoms with Crippen molar-refractivity contribution in [2.45, 2.75) is 6.18 Å². The number of anilines is 1. The Kier molecular flexibility index (Phi) is 4.49. The van der Waals surface area contributed by atoms with E-state index in [1.807, 2.05) is 0 Å². The first-order valence-corrected chi connectivity index (χ1v) is 7.44. The van der Waals surface area contributed by atoms with E-state index in [4.69, 9.17) is 5.11 Å². The van der Waals surface area contributed by atoms with Gasteiger partial charge in [0.1, 0.15) is 6.33 Å². The summed E-state index contributed by atoms with van der Waals surface area (Å²) in [5.74, 6) is -5.34. The molecule has 0 bridgehead atoms. The van der Waals surface area contributed by atoms with Crippen molar-refractivity contribution >= 4 is 17.7 Å². The smallest absolute Gasteiger partial charge is 0.394 e. The van der Waals surface area contributed by atoms with Crippen LogP contribution in [0.3, 0.4) is 0 Å². The third kappa shape index (κ3) is 3.58. The molecule has 0 unspecified atom stereocenters. The number of carboxylic acids is 1. The number of carbonyl (C=O) groups excluding carboxylic acids is 1. The average molecular weight is 370 g/mol. The number of nitrogens with zero attached hydrogens (tertiary/aromatic N) is 5. The number of likely N-dealkylation sites (tertiary alicyclic amines) is 1. The SMILES string of the molecule is O=C(O)[C@@H]1CN(C(=O)Nc2ccc(-n3cnnn3)cc2)C[C@H]1C(F)(F)F. The molecule has 138 valence electrons. The third-order valence-corrected chi connectivity index (χ3v) is 4.08. The van der Waals surface area contributed by atoms with Gasteiger partial charge in [0, 0.05) is 18.8 Å². The van der Waals surface area contributed by atoms with Crippen LogP contribution in [0.1, 0.15) is 0 Å². The number of aromatic nitrogens is 4. The summed E-state index contributed by atoms with van der Waals surface area (Å²) in [6, 6.07) is 5.48. The van der Waals surface area contributed by atoms with E-state index in [-0.39, 0.29) is 0 Å². The predicted molar refractivity (Wildman–Crippen MR) is 80.4 cm³/mol. The Labute approximate surface area is 144 Å². The highest BCUT2D eigenvalue weighted by Crippen LogP contribution is 2.37. The molecule has 26 heavy (non-hydrogen) atoms. The molecule has 12 heteroatoms. The largest absolute Gasteiger partial charge is 0.481 e. The Balaban J connectivity index is 1.67. The predicted octanol–water partition coefficient (Wildman–Crippen LogP) is 1.39. The minimum atomic E-state index is -4.69. The molecule has 2 heterocycles. The van der Waals surface area contributed by atoms with Crippen LogP contribution in [0.25, 0.3) is 5.69 Å². The highest BCUT2D eigenvalue weighted by Gasteiger charge is 2.53. The maximum Gasteiger partial charge on any atom is 0.394 e. The van der Waals surface area contributed by atoms with Crippen molar-refractivity contribution in [3.63, 3.8) is 0 Å². The average Bonchev–Trinajstić information content (AvgIpc) is 3.25. The van der Waals surface area contributed by atoms with Crippen LogP contribution in [-0.2, 0) is 4.79 Å². The molecule has 1 fully saturated rings. The summed E-state index contributed by atoms with van der Waals surface area (Å²) in [6.45, 7) is -1.21. The van der Waals surface area contributed by atoms with Gasteiger partial charge in [-0.05, 0) is 34.7 Å². The molecule has 0 radical (unpaired) electrons. The van der Waals surface area contributed by atoms with Crippen LogP contribution in [0.5, 0.6) is 0 Å². The van der Waals surface area contributed by atoms with Gasteiger partial charge in [0.25, 0.3) is 0 Å². The Morgan fingerprint density at radius 2 is 1.88 bits per heavy atom. The quantitative estimate of drug-likeness (QED) is 0.844. The second-order valence-electron chi connectivity index (χ2n) is 5.73. The van der Waals surface area contributed by atoms with Gasteiger partial charge in [-0.2, -0.15) is 13.2 Å². The number of tetrazole rings is 1. The van der Waals surface area contributed by atoms with Gasteiger partial charge < -0.3 is 15.3 Å². The lowest BCUT2D eigenvalue weighted by Gasteiger charge is -2.18. The molecule has 3 rings (SSSR count). The number of nitrogens with one attached hydrogen (secondary N) is 1. The highest BCUT2D eigenvalue weighted by atomic mass is 19.4. The van der Waals surface area contributed by atoms with Gasteiger partial charge in [0.2, 0.25) is 0 Å². The summed E-state index contributed by atoms with van der Waals surface area (Å²) in [6.07, 6.45) is -3.31. The zero-order valence-electron chi connectivity index (χ0n) is 13.1. The van der Waals surface area contributed by atoms with Crippen molar-refractivity contribution in [3.05, 3.63) is 30.6 Å². The zero-order valence-corrected chi connectivity index (χ0v) is 13.1. The van der Waals surface area contributed by atoms with Gasteiger partial charge in [-0.25, -0.2) is 9.48 Å². The molecule has 0 aliphatic carbocycles. The van der Waals surface area contributed by atoms with Gasteiger partial charge in [0.15, 0.2) is 0 Å². The molecular weight excluding hydrogens is 357 g/mol. The second kappa shape index (κ2) is 6.61. The fraction of sp³-hybridized carbons (Fsp3) is 0.357. The van der Waals surface area contributed by atoms with Crippen molar-refractivity contribution in [2.24, 2.45) is 11.8 Å². The Morgan fingerprint density at radius 3 is 2.38 bits per heavy atom. The van der Waals surface area contributed by atoms with Crippen LogP contribution in [0, 0.1) is 11.8 Å². The summed E-state index contributed by atoms with van der Waals surface area (Å²) >= 11 is 0. The molecule has 0 saturated carbocycles. The van der Waals surface area contributed by atoms with E-state index >= 15 is 0 Å². The van der Waals surface area contributed by atoms with Crippen molar-refractivity contribution < 1.29 is 27.9 Å². The molecule has 1 saturated heterocycles. The molecule has 2 amide bonds. The van der Waals surface area contributed by atoms with Crippen LogP contribution in [0.15, 0.2) is 30.6 Å². The van der Waals surface area contributed by atoms with E-state index in [0.717, 1.165) is 4.90 Å². The molecule has 1 aliphatic heterocycles. The van der Waals surface area contributed by atoms with Gasteiger partial charge >= 0.3 is 18.2 Å². The Morgan fingerprint density at radius 1 is 1.19 bits per heavy atom. The first-order valence-electron chi connectivity index (χ1n) is 7.44. The van der Waals surface area contributed by atoms with E-state index in [1.165, 1.54) is 23.1 Å². The number of halogens is 3. The van der Waals surface area contributed by atoms with Crippen molar-refractivity contribution in [1.29, 1.82) is 0 Å². The Bertz CT molecular complexity index is 793. The van der Waals surface area contributed by atoms with Crippen molar-refractivity contribution in [3.8, 4) is 5.69 Å². The van der Waals surface area contributed by atoms with Crippen LogP contribution < -0.4 is 5.32 Å². The molecule has 1 aliphatic rings. The molecule has 2 atom stereocenters. The van der Waals surface area contributed by atoms with Gasteiger partial charge in [0.05, 0.1) is 17.5 Å². The summed E-state index contributed by atoms with van der Waals surface area (Å²) in [4.78, 5) is 24.1. The molecule has 2 N–H and O–H groups in total. The number of rotatable bonds is 3.